The van der Waals surface area contributed by atoms with Gasteiger partial charge in [0.25, 0.3) is 10.1 Å². The van der Waals surface area contributed by atoms with Crippen LogP contribution in [0, 0.1) is 0 Å². The van der Waals surface area contributed by atoms with Crippen LogP contribution in [0.25, 0.3) is 0 Å². The third kappa shape index (κ3) is 10.4. The van der Waals surface area contributed by atoms with E-state index in [0.29, 0.717) is 17.7 Å². The monoisotopic (exact) mass is 456 g/mol. The van der Waals surface area contributed by atoms with Gasteiger partial charge < -0.3 is 9.84 Å². The van der Waals surface area contributed by atoms with E-state index in [9.17, 15) is 18.1 Å². The fraction of sp³-hybridized carbons (Fsp3) is 0.500. The predicted molar refractivity (Wildman–Crippen MR) is 118 cm³/mol. The number of benzene rings is 2. The second-order valence-corrected chi connectivity index (χ2v) is 9.15. The van der Waals surface area contributed by atoms with E-state index in [2.05, 4.69) is 6.92 Å². The Bertz CT molecular complexity index is 883. The van der Waals surface area contributed by atoms with Gasteiger partial charge in [0.2, 0.25) is 0 Å². The summed E-state index contributed by atoms with van der Waals surface area (Å²) in [5.41, 5.74) is 0.674. The number of unbranched alkanes of at least 4 members (excludes halogenated alkanes) is 9. The van der Waals surface area contributed by atoms with E-state index in [1.807, 2.05) is 0 Å². The Morgan fingerprint density at radius 2 is 1.42 bits per heavy atom. The molecule has 0 aliphatic heterocycles. The van der Waals surface area contributed by atoms with Gasteiger partial charge in [0, 0.05) is 0 Å². The minimum Gasteiger partial charge on any atom is -0.870 e. The minimum absolute atomic E-state index is 0. The Morgan fingerprint density at radius 1 is 0.839 bits per heavy atom. The van der Waals surface area contributed by atoms with Crippen molar-refractivity contribution >= 4 is 10.1 Å². The zero-order valence-corrected chi connectivity index (χ0v) is 21.6. The first-order chi connectivity index (χ1) is 14.4. The predicted octanol–water partition coefficient (Wildman–Crippen LogP) is 3.27. The Kier molecular flexibility index (Phi) is 13.5. The van der Waals surface area contributed by atoms with Gasteiger partial charge in [-0.3, -0.25) is 4.55 Å². The van der Waals surface area contributed by atoms with Gasteiger partial charge in [0.1, 0.15) is 11.5 Å². The molecule has 0 spiro atoms. The van der Waals surface area contributed by atoms with Crippen molar-refractivity contribution in [2.24, 2.45) is 0 Å². The van der Waals surface area contributed by atoms with Gasteiger partial charge in [-0.2, -0.15) is 8.42 Å². The molecule has 2 aromatic rings. The molecule has 1 N–H and O–H groups in total. The van der Waals surface area contributed by atoms with E-state index in [1.54, 1.807) is 18.2 Å². The molecule has 0 amide bonds. The Hall–Kier alpha value is -1.05. The third-order valence-electron chi connectivity index (χ3n) is 5.20. The number of ether oxygens (including phenoxy) is 1. The van der Waals surface area contributed by atoms with Gasteiger partial charge in [-0.05, 0) is 42.7 Å². The standard InChI is InChI=1S/C24H34O5S.Na/c1-2-3-4-5-6-7-8-9-10-11-14-20-19-21(30(26,27)28)17-18-23(20)29-24-16-13-12-15-22(24)25;/h12-13,15-19,25H,2-11,14H2,1H3,(H,26,27,28);/q;+1/p-1. The van der Waals surface area contributed by atoms with E-state index >= 15 is 0 Å². The molecule has 2 aromatic carbocycles. The molecule has 0 aromatic heterocycles. The molecular weight excluding hydrogens is 423 g/mol. The molecule has 7 heteroatoms. The van der Waals surface area contributed by atoms with Crippen LogP contribution in [-0.2, 0) is 16.5 Å². The van der Waals surface area contributed by atoms with Crippen LogP contribution < -0.4 is 39.4 Å². The normalized spacial score (nSPS) is 11.2. The largest absolute Gasteiger partial charge is 1.00 e. The molecule has 0 atom stereocenters. The van der Waals surface area contributed by atoms with Crippen LogP contribution in [0.1, 0.15) is 76.7 Å². The van der Waals surface area contributed by atoms with Gasteiger partial charge in [-0.25, -0.2) is 0 Å². The van der Waals surface area contributed by atoms with E-state index in [1.165, 1.54) is 69.2 Å². The van der Waals surface area contributed by atoms with E-state index < -0.39 is 10.1 Å². The van der Waals surface area contributed by atoms with Crippen molar-refractivity contribution in [3.05, 3.63) is 48.0 Å². The zero-order valence-electron chi connectivity index (χ0n) is 18.8. The summed E-state index contributed by atoms with van der Waals surface area (Å²) in [7, 11) is -4.29. The molecular formula is C24H33NaO5S. The summed E-state index contributed by atoms with van der Waals surface area (Å²) in [6.45, 7) is 2.22. The fourth-order valence-corrected chi connectivity index (χ4v) is 4.00. The number of hydrogen-bond acceptors (Lipinski definition) is 4. The summed E-state index contributed by atoms with van der Waals surface area (Å²) in [6.07, 6.45) is 12.7. The molecule has 0 radical (unpaired) electrons. The van der Waals surface area contributed by atoms with Crippen LogP contribution in [0.4, 0.5) is 0 Å². The molecule has 0 aliphatic rings. The summed E-state index contributed by atoms with van der Waals surface area (Å²) in [5.74, 6) is 0.407. The van der Waals surface area contributed by atoms with Gasteiger partial charge in [-0.15, -0.1) is 0 Å². The van der Waals surface area contributed by atoms with Crippen molar-refractivity contribution in [3.63, 3.8) is 0 Å². The average Bonchev–Trinajstić information content (AvgIpc) is 2.71. The summed E-state index contributed by atoms with van der Waals surface area (Å²) in [4.78, 5) is -0.160. The Balaban J connectivity index is 0.00000480. The first-order valence-electron chi connectivity index (χ1n) is 11.0. The van der Waals surface area contributed by atoms with Crippen LogP contribution in [0.3, 0.4) is 0 Å². The molecule has 0 saturated carbocycles. The second kappa shape index (κ2) is 14.9. The topological polar surface area (TPSA) is 86.7 Å². The maximum absolute atomic E-state index is 11.9. The first kappa shape index (κ1) is 28.0. The average molecular weight is 457 g/mol. The van der Waals surface area contributed by atoms with E-state index in [4.69, 9.17) is 4.74 Å². The molecule has 2 rings (SSSR count). The van der Waals surface area contributed by atoms with Gasteiger partial charge >= 0.3 is 29.6 Å². The minimum atomic E-state index is -4.29. The second-order valence-electron chi connectivity index (χ2n) is 7.73. The van der Waals surface area contributed by atoms with E-state index in [-0.39, 0.29) is 46.0 Å². The number of para-hydroxylation sites is 2. The van der Waals surface area contributed by atoms with Crippen LogP contribution in [0.5, 0.6) is 17.2 Å². The number of aryl methyl sites for hydroxylation is 1. The molecule has 166 valence electrons. The first-order valence-corrected chi connectivity index (χ1v) is 12.4. The maximum atomic E-state index is 11.9. The van der Waals surface area contributed by atoms with Gasteiger partial charge in [0.05, 0.1) is 4.90 Å². The van der Waals surface area contributed by atoms with Crippen LogP contribution in [0.15, 0.2) is 47.4 Å². The summed E-state index contributed by atoms with van der Waals surface area (Å²) >= 11 is 0. The van der Waals surface area contributed by atoms with Crippen molar-refractivity contribution in [1.29, 1.82) is 0 Å². The smallest absolute Gasteiger partial charge is 0.870 e. The number of hydrogen-bond donors (Lipinski definition) is 1. The quantitative estimate of drug-likeness (QED) is 0.268. The molecule has 0 saturated heterocycles. The van der Waals surface area contributed by atoms with Crippen molar-refractivity contribution in [2.45, 2.75) is 82.4 Å². The van der Waals surface area contributed by atoms with Gasteiger partial charge in [-0.1, -0.05) is 88.7 Å². The Morgan fingerprint density at radius 3 is 2.00 bits per heavy atom. The number of rotatable bonds is 14. The Labute approximate surface area is 209 Å². The van der Waals surface area contributed by atoms with Crippen LogP contribution in [-0.4, -0.2) is 13.0 Å². The van der Waals surface area contributed by atoms with Crippen molar-refractivity contribution in [2.75, 3.05) is 0 Å². The molecule has 0 heterocycles. The SMILES string of the molecule is CCCCCCCCCCCCc1cc(S(=O)(=O)O)ccc1Oc1ccccc1[O-].[Na+]. The van der Waals surface area contributed by atoms with Crippen molar-refractivity contribution in [1.82, 2.24) is 0 Å². The summed E-state index contributed by atoms with van der Waals surface area (Å²) < 4.78 is 38.2. The molecule has 0 fully saturated rings. The molecule has 5 nitrogen and oxygen atoms in total. The summed E-state index contributed by atoms with van der Waals surface area (Å²) in [5, 5.41) is 11.9. The van der Waals surface area contributed by atoms with Crippen molar-refractivity contribution in [3.8, 4) is 17.2 Å². The maximum Gasteiger partial charge on any atom is 1.00 e. The van der Waals surface area contributed by atoms with Gasteiger partial charge in [0.15, 0.2) is 0 Å². The van der Waals surface area contributed by atoms with Crippen LogP contribution >= 0.6 is 0 Å². The summed E-state index contributed by atoms with van der Waals surface area (Å²) in [6, 6.07) is 10.6. The van der Waals surface area contributed by atoms with Crippen molar-refractivity contribution < 1.29 is 52.4 Å². The fourth-order valence-electron chi connectivity index (χ4n) is 3.47. The molecule has 0 unspecified atom stereocenters. The molecule has 0 aliphatic carbocycles. The zero-order chi connectivity index (χ0) is 21.8. The third-order valence-corrected chi connectivity index (χ3v) is 6.05. The van der Waals surface area contributed by atoms with E-state index in [0.717, 1.165) is 19.3 Å². The molecule has 0 bridgehead atoms. The van der Waals surface area contributed by atoms with Crippen LogP contribution in [0.2, 0.25) is 0 Å². The molecule has 31 heavy (non-hydrogen) atoms.